The maximum absolute atomic E-state index is 5.69. The van der Waals surface area contributed by atoms with E-state index in [1.54, 1.807) is 5.56 Å². The van der Waals surface area contributed by atoms with E-state index in [9.17, 15) is 0 Å². The van der Waals surface area contributed by atoms with E-state index in [1.165, 1.54) is 35.1 Å². The van der Waals surface area contributed by atoms with E-state index in [4.69, 9.17) is 11.5 Å². The number of benzene rings is 3. The van der Waals surface area contributed by atoms with Gasteiger partial charge in [-0.2, -0.15) is 0 Å². The van der Waals surface area contributed by atoms with Crippen LogP contribution in [0.4, 0.5) is 0 Å². The van der Waals surface area contributed by atoms with Crippen molar-refractivity contribution in [2.45, 2.75) is 79.8 Å². The van der Waals surface area contributed by atoms with E-state index in [0.717, 1.165) is 30.4 Å². The van der Waals surface area contributed by atoms with Crippen LogP contribution in [0.15, 0.2) is 66.7 Å². The Balaban J connectivity index is 0.000000299. The van der Waals surface area contributed by atoms with Crippen molar-refractivity contribution < 1.29 is 0 Å². The molecule has 2 nitrogen and oxygen atoms in total. The minimum atomic E-state index is 0.565. The highest BCUT2D eigenvalue weighted by molar-refractivity contribution is 5.35. The van der Waals surface area contributed by atoms with Gasteiger partial charge in [-0.05, 0) is 64.6 Å². The number of rotatable bonds is 7. The van der Waals surface area contributed by atoms with Gasteiger partial charge in [0.15, 0.2) is 0 Å². The van der Waals surface area contributed by atoms with Crippen LogP contribution in [0.5, 0.6) is 0 Å². The van der Waals surface area contributed by atoms with Gasteiger partial charge in [0, 0.05) is 13.1 Å². The smallest absolute Gasteiger partial charge is 0.0178 e. The quantitative estimate of drug-likeness (QED) is 0.423. The zero-order valence-electron chi connectivity index (χ0n) is 21.0. The van der Waals surface area contributed by atoms with Crippen molar-refractivity contribution >= 4 is 0 Å². The van der Waals surface area contributed by atoms with E-state index in [-0.39, 0.29) is 0 Å². The van der Waals surface area contributed by atoms with Crippen molar-refractivity contribution in [2.75, 3.05) is 0 Å². The minimum absolute atomic E-state index is 0.565. The monoisotopic (exact) mass is 432 g/mol. The molecule has 0 fully saturated rings. The molecule has 0 amide bonds. The second-order valence-electron chi connectivity index (χ2n) is 8.05. The first-order chi connectivity index (χ1) is 15.6. The summed E-state index contributed by atoms with van der Waals surface area (Å²) >= 11 is 0. The summed E-state index contributed by atoms with van der Waals surface area (Å²) in [5, 5.41) is 0. The van der Waals surface area contributed by atoms with Gasteiger partial charge < -0.3 is 11.5 Å². The Bertz CT molecular complexity index is 840. The summed E-state index contributed by atoms with van der Waals surface area (Å²) in [6.45, 7) is 12.1. The van der Waals surface area contributed by atoms with Gasteiger partial charge in [0.25, 0.3) is 0 Å². The van der Waals surface area contributed by atoms with Crippen LogP contribution in [0.3, 0.4) is 0 Å². The van der Waals surface area contributed by atoms with Gasteiger partial charge in [-0.1, -0.05) is 108 Å². The highest BCUT2D eigenvalue weighted by Gasteiger charge is 2.02. The lowest BCUT2D eigenvalue weighted by atomic mass is 9.96. The van der Waals surface area contributed by atoms with Crippen molar-refractivity contribution in [3.05, 3.63) is 106 Å². The summed E-state index contributed by atoms with van der Waals surface area (Å²) in [5.41, 5.74) is 20.9. The van der Waals surface area contributed by atoms with Gasteiger partial charge in [-0.3, -0.25) is 0 Å². The molecule has 0 radical (unpaired) electrons. The molecule has 32 heavy (non-hydrogen) atoms. The number of hydrogen-bond donors (Lipinski definition) is 2. The Hall–Kier alpha value is -2.42. The molecular formula is C30H44N2. The molecule has 0 aliphatic heterocycles. The molecule has 0 spiro atoms. The Morgan fingerprint density at radius 2 is 1.00 bits per heavy atom. The third-order valence-electron chi connectivity index (χ3n) is 5.32. The van der Waals surface area contributed by atoms with Crippen LogP contribution < -0.4 is 11.5 Å². The molecule has 0 heterocycles. The molecular weight excluding hydrogens is 388 g/mol. The fourth-order valence-corrected chi connectivity index (χ4v) is 3.81. The zero-order valence-corrected chi connectivity index (χ0v) is 21.0. The van der Waals surface area contributed by atoms with Crippen LogP contribution in [0.1, 0.15) is 80.0 Å². The van der Waals surface area contributed by atoms with Gasteiger partial charge >= 0.3 is 0 Å². The van der Waals surface area contributed by atoms with E-state index in [1.807, 2.05) is 6.07 Å². The number of aryl methyl sites for hydroxylation is 2. The van der Waals surface area contributed by atoms with Crippen LogP contribution in [-0.2, 0) is 38.8 Å². The fourth-order valence-electron chi connectivity index (χ4n) is 3.81. The Morgan fingerprint density at radius 3 is 1.41 bits per heavy atom. The van der Waals surface area contributed by atoms with Gasteiger partial charge in [-0.25, -0.2) is 0 Å². The predicted octanol–water partition coefficient (Wildman–Crippen LogP) is 6.98. The molecule has 0 saturated carbocycles. The van der Waals surface area contributed by atoms with Gasteiger partial charge in [0.1, 0.15) is 0 Å². The first-order valence-corrected chi connectivity index (χ1v) is 12.2. The summed E-state index contributed by atoms with van der Waals surface area (Å²) in [5.74, 6) is 0. The van der Waals surface area contributed by atoms with Crippen molar-refractivity contribution in [3.63, 3.8) is 0 Å². The van der Waals surface area contributed by atoms with Crippen molar-refractivity contribution in [1.82, 2.24) is 0 Å². The molecule has 0 unspecified atom stereocenters. The second-order valence-corrected chi connectivity index (χ2v) is 8.05. The molecule has 174 valence electrons. The van der Waals surface area contributed by atoms with Crippen LogP contribution >= 0.6 is 0 Å². The second kappa shape index (κ2) is 16.2. The molecule has 0 saturated heterocycles. The maximum Gasteiger partial charge on any atom is 0.0178 e. The third kappa shape index (κ3) is 9.38. The maximum atomic E-state index is 5.69. The van der Waals surface area contributed by atoms with Gasteiger partial charge in [0.05, 0.1) is 0 Å². The predicted molar refractivity (Wildman–Crippen MR) is 142 cm³/mol. The van der Waals surface area contributed by atoms with Crippen molar-refractivity contribution in [2.24, 2.45) is 11.5 Å². The summed E-state index contributed by atoms with van der Waals surface area (Å²) in [6.07, 6.45) is 5.68. The van der Waals surface area contributed by atoms with E-state index in [2.05, 4.69) is 95.3 Å². The van der Waals surface area contributed by atoms with E-state index in [0.29, 0.717) is 13.1 Å². The average Bonchev–Trinajstić information content (AvgIpc) is 2.84. The van der Waals surface area contributed by atoms with Crippen LogP contribution in [0.25, 0.3) is 0 Å². The summed E-state index contributed by atoms with van der Waals surface area (Å²) < 4.78 is 0. The number of nitrogens with two attached hydrogens (primary N) is 2. The summed E-state index contributed by atoms with van der Waals surface area (Å²) in [6, 6.07) is 23.5. The molecule has 3 aromatic rings. The summed E-state index contributed by atoms with van der Waals surface area (Å²) in [4.78, 5) is 0. The van der Waals surface area contributed by atoms with E-state index >= 15 is 0 Å². The molecule has 4 N–H and O–H groups in total. The molecule has 0 aromatic heterocycles. The average molecular weight is 433 g/mol. The van der Waals surface area contributed by atoms with Gasteiger partial charge in [0.2, 0.25) is 0 Å². The fraction of sp³-hybridized carbons (Fsp3) is 0.400. The Kier molecular flexibility index (Phi) is 14.0. The Morgan fingerprint density at radius 1 is 0.531 bits per heavy atom. The molecule has 0 atom stereocenters. The molecule has 2 heteroatoms. The van der Waals surface area contributed by atoms with Crippen molar-refractivity contribution in [3.8, 4) is 0 Å². The van der Waals surface area contributed by atoms with Crippen molar-refractivity contribution in [1.29, 1.82) is 0 Å². The van der Waals surface area contributed by atoms with E-state index < -0.39 is 0 Å². The standard InChI is InChI=1S/C15H18N2.C12H18.C3H8/c16-10-14-7-13(8-15(9-14)11-17)6-12-4-2-1-3-5-12;1-4-10-8-7-9-11(5-2)12(10)6-3;1-3-2/h1-5,7-9H,6,10-11,16-17H2;7-9H,4-6H2,1-3H3;3H2,1-2H3. The van der Waals surface area contributed by atoms with Gasteiger partial charge in [-0.15, -0.1) is 0 Å². The SMILES string of the molecule is CCC.CCc1cccc(CC)c1CC.NCc1cc(CN)cc(Cc2ccccc2)c1. The minimum Gasteiger partial charge on any atom is -0.326 e. The lowest BCUT2D eigenvalue weighted by Crippen LogP contribution is -2.03. The first kappa shape index (κ1) is 27.6. The molecule has 3 aromatic carbocycles. The highest BCUT2D eigenvalue weighted by Crippen LogP contribution is 2.17. The third-order valence-corrected chi connectivity index (χ3v) is 5.32. The van der Waals surface area contributed by atoms with Crippen LogP contribution in [0.2, 0.25) is 0 Å². The molecule has 0 aliphatic carbocycles. The lowest BCUT2D eigenvalue weighted by Gasteiger charge is -2.10. The highest BCUT2D eigenvalue weighted by atomic mass is 14.5. The first-order valence-electron chi connectivity index (χ1n) is 12.2. The largest absolute Gasteiger partial charge is 0.326 e. The molecule has 0 aliphatic rings. The molecule has 3 rings (SSSR count). The van der Waals surface area contributed by atoms with Crippen LogP contribution in [0, 0.1) is 0 Å². The summed E-state index contributed by atoms with van der Waals surface area (Å²) in [7, 11) is 0. The molecule has 0 bridgehead atoms. The Labute approximate surface area is 197 Å². The topological polar surface area (TPSA) is 52.0 Å². The number of hydrogen-bond acceptors (Lipinski definition) is 2. The normalized spacial score (nSPS) is 9.97. The lowest BCUT2D eigenvalue weighted by molar-refractivity contribution is 0.981. The zero-order chi connectivity index (χ0) is 23.8. The van der Waals surface area contributed by atoms with Crippen LogP contribution in [-0.4, -0.2) is 0 Å².